The molecule has 3 N–H and O–H groups in total. The van der Waals surface area contributed by atoms with Crippen LogP contribution in [-0.2, 0) is 28.6 Å². The van der Waals surface area contributed by atoms with Crippen LogP contribution < -0.4 is 10.6 Å². The number of fused-ring (bicyclic) bond motifs is 1. The maximum Gasteiger partial charge on any atom is 0.416 e. The van der Waals surface area contributed by atoms with E-state index in [0.717, 1.165) is 42.5 Å². The number of benzene rings is 3. The number of hydrogen-bond acceptors (Lipinski definition) is 3. The third kappa shape index (κ3) is 7.96. The molecule has 0 radical (unpaired) electrons. The molecule has 1 unspecified atom stereocenters. The minimum absolute atomic E-state index is 0.00776. The van der Waals surface area contributed by atoms with Gasteiger partial charge in [0.25, 0.3) is 0 Å². The number of Topliss-reactive ketones (excluding diaryl/α,β-unsaturated/α-hetero) is 1. The first kappa shape index (κ1) is 29.8. The minimum Gasteiger partial charge on any atom is -0.481 e. The molecule has 216 valence electrons. The van der Waals surface area contributed by atoms with Gasteiger partial charge in [-0.05, 0) is 83.7 Å². The number of carbonyl (C=O) groups excluding carboxylic acids is 2. The molecule has 0 fully saturated rings. The Hall–Kier alpha value is -4.14. The van der Waals surface area contributed by atoms with Crippen molar-refractivity contribution >= 4 is 29.2 Å². The van der Waals surface area contributed by atoms with E-state index < -0.39 is 29.7 Å². The van der Waals surface area contributed by atoms with Gasteiger partial charge in [-0.15, -0.1) is 0 Å². The second kappa shape index (κ2) is 12.6. The van der Waals surface area contributed by atoms with E-state index in [2.05, 4.69) is 22.8 Å². The Balaban J connectivity index is 1.33. The molecule has 0 saturated carbocycles. The number of carboxylic acids is 1. The zero-order chi connectivity index (χ0) is 29.7. The number of carboxylic acid groups (broad SMARTS) is 1. The summed E-state index contributed by atoms with van der Waals surface area (Å²) in [7, 11) is 0. The fraction of sp³-hybridized carbons (Fsp3) is 0.344. The van der Waals surface area contributed by atoms with Crippen LogP contribution >= 0.6 is 0 Å². The molecule has 41 heavy (non-hydrogen) atoms. The van der Waals surface area contributed by atoms with Gasteiger partial charge in [-0.25, -0.2) is 4.79 Å². The Morgan fingerprint density at radius 1 is 0.902 bits per heavy atom. The molecule has 3 aromatic carbocycles. The van der Waals surface area contributed by atoms with Crippen LogP contribution in [0.3, 0.4) is 0 Å². The highest BCUT2D eigenvalue weighted by atomic mass is 19.4. The van der Waals surface area contributed by atoms with Crippen molar-refractivity contribution < 1.29 is 32.7 Å². The van der Waals surface area contributed by atoms with Gasteiger partial charge in [0.05, 0.1) is 11.5 Å². The van der Waals surface area contributed by atoms with E-state index in [1.165, 1.54) is 23.3 Å². The number of carbonyl (C=O) groups is 3. The molecule has 3 aromatic rings. The summed E-state index contributed by atoms with van der Waals surface area (Å²) >= 11 is 0. The second-order valence-corrected chi connectivity index (χ2v) is 11.0. The number of rotatable bonds is 9. The lowest BCUT2D eigenvalue weighted by Crippen LogP contribution is -2.25. The van der Waals surface area contributed by atoms with Crippen LogP contribution in [-0.4, -0.2) is 22.9 Å². The Bertz CT molecular complexity index is 1420. The van der Waals surface area contributed by atoms with Crippen LogP contribution in [0.5, 0.6) is 0 Å². The summed E-state index contributed by atoms with van der Waals surface area (Å²) in [6.07, 6.45) is -1.54. The molecule has 4 rings (SSSR count). The van der Waals surface area contributed by atoms with Crippen molar-refractivity contribution in [3.05, 3.63) is 83.4 Å². The van der Waals surface area contributed by atoms with Crippen LogP contribution in [0.1, 0.15) is 49.8 Å². The van der Waals surface area contributed by atoms with Gasteiger partial charge in [-0.1, -0.05) is 50.2 Å². The van der Waals surface area contributed by atoms with Crippen molar-refractivity contribution in [1.29, 1.82) is 0 Å². The van der Waals surface area contributed by atoms with Crippen LogP contribution in [0.2, 0.25) is 0 Å². The number of hydrogen-bond donors (Lipinski definition) is 3. The van der Waals surface area contributed by atoms with Gasteiger partial charge in [0.15, 0.2) is 0 Å². The average molecular weight is 567 g/mol. The normalized spacial score (nSPS) is 15.6. The molecule has 0 aromatic heterocycles. The van der Waals surface area contributed by atoms with E-state index in [1.54, 1.807) is 12.1 Å². The van der Waals surface area contributed by atoms with E-state index in [1.807, 2.05) is 32.0 Å². The van der Waals surface area contributed by atoms with Crippen molar-refractivity contribution in [2.75, 3.05) is 10.6 Å². The fourth-order valence-electron chi connectivity index (χ4n) is 5.26. The molecule has 1 aliphatic rings. The number of aryl methyl sites for hydroxylation is 1. The second-order valence-electron chi connectivity index (χ2n) is 11.0. The van der Waals surface area contributed by atoms with Crippen LogP contribution in [0.4, 0.5) is 29.3 Å². The summed E-state index contributed by atoms with van der Waals surface area (Å²) in [6, 6.07) is 17.2. The number of alkyl halides is 3. The first-order valence-corrected chi connectivity index (χ1v) is 13.6. The zero-order valence-electron chi connectivity index (χ0n) is 22.9. The molecule has 0 heterocycles. The smallest absolute Gasteiger partial charge is 0.416 e. The summed E-state index contributed by atoms with van der Waals surface area (Å²) in [5.74, 6) is -1.44. The lowest BCUT2D eigenvalue weighted by molar-refractivity contribution is -0.145. The highest BCUT2D eigenvalue weighted by Gasteiger charge is 2.30. The summed E-state index contributed by atoms with van der Waals surface area (Å²) < 4.78 is 38.7. The predicted octanol–water partition coefficient (Wildman–Crippen LogP) is 7.83. The summed E-state index contributed by atoms with van der Waals surface area (Å²) in [5, 5.41) is 14.4. The van der Waals surface area contributed by atoms with Crippen LogP contribution in [0.25, 0.3) is 11.1 Å². The molecule has 0 spiro atoms. The van der Waals surface area contributed by atoms with Gasteiger partial charge in [0.1, 0.15) is 5.78 Å². The highest BCUT2D eigenvalue weighted by molar-refractivity contribution is 5.99. The molecule has 0 bridgehead atoms. The van der Waals surface area contributed by atoms with Crippen molar-refractivity contribution in [1.82, 2.24) is 0 Å². The predicted molar refractivity (Wildman–Crippen MR) is 152 cm³/mol. The van der Waals surface area contributed by atoms with E-state index in [-0.39, 0.29) is 29.7 Å². The molecule has 9 heteroatoms. The highest BCUT2D eigenvalue weighted by Crippen LogP contribution is 2.33. The maximum atomic E-state index is 12.9. The topological polar surface area (TPSA) is 95.5 Å². The average Bonchev–Trinajstić information content (AvgIpc) is 2.91. The fourth-order valence-corrected chi connectivity index (χ4v) is 5.26. The molecule has 0 saturated heterocycles. The molecule has 6 nitrogen and oxygen atoms in total. The maximum absolute atomic E-state index is 12.9. The van der Waals surface area contributed by atoms with Gasteiger partial charge in [-0.2, -0.15) is 13.2 Å². The van der Waals surface area contributed by atoms with Crippen molar-refractivity contribution in [3.8, 4) is 11.1 Å². The SMILES string of the molecule is CC(C)[C@H](CC(=O)CC1CCc2cc(-c3ccc(NC(=O)Nc4cccc(C(F)(F)F)c4)cc3)ccc2C1)C(=O)O. The number of anilines is 2. The molecule has 1 aliphatic carbocycles. The van der Waals surface area contributed by atoms with E-state index in [0.29, 0.717) is 12.1 Å². The van der Waals surface area contributed by atoms with Gasteiger partial charge in [-0.3, -0.25) is 9.59 Å². The summed E-state index contributed by atoms with van der Waals surface area (Å²) in [5.41, 5.74) is 4.06. The third-order valence-corrected chi connectivity index (χ3v) is 7.55. The monoisotopic (exact) mass is 566 g/mol. The van der Waals surface area contributed by atoms with Crippen molar-refractivity contribution in [2.45, 2.75) is 52.1 Å². The Kier molecular flexibility index (Phi) is 9.15. The lowest BCUT2D eigenvalue weighted by atomic mass is 9.79. The molecule has 0 aliphatic heterocycles. The number of amides is 2. The Morgan fingerprint density at radius 3 is 2.24 bits per heavy atom. The minimum atomic E-state index is -4.50. The molecular formula is C32H33F3N2O4. The standard InChI is InChI=1S/C32H33F3N2O4/c1-19(2)29(30(39)40)18-28(38)15-20-6-7-24-16-23(9-8-22(24)14-20)21-10-12-26(13-11-21)36-31(41)37-27-5-3-4-25(17-27)32(33,34)35/h3-5,8-13,16-17,19-20,29H,6-7,14-15,18H2,1-2H3,(H,39,40)(H2,36,37,41)/t20?,29-/m0/s1. The van der Waals surface area contributed by atoms with E-state index in [4.69, 9.17) is 0 Å². The molecular weight excluding hydrogens is 533 g/mol. The number of urea groups is 1. The largest absolute Gasteiger partial charge is 0.481 e. The lowest BCUT2D eigenvalue weighted by Gasteiger charge is -2.25. The van der Waals surface area contributed by atoms with Gasteiger partial charge in [0, 0.05) is 24.2 Å². The van der Waals surface area contributed by atoms with Crippen molar-refractivity contribution in [3.63, 3.8) is 0 Å². The van der Waals surface area contributed by atoms with Gasteiger partial charge in [0.2, 0.25) is 0 Å². The molecule has 2 amide bonds. The molecule has 2 atom stereocenters. The Labute approximate surface area is 237 Å². The number of nitrogens with one attached hydrogen (secondary N) is 2. The summed E-state index contributed by atoms with van der Waals surface area (Å²) in [4.78, 5) is 36.3. The van der Waals surface area contributed by atoms with Gasteiger partial charge >= 0.3 is 18.2 Å². The quantitative estimate of drug-likeness (QED) is 0.246. The van der Waals surface area contributed by atoms with Crippen LogP contribution in [0.15, 0.2) is 66.7 Å². The first-order chi connectivity index (χ1) is 19.4. The van der Waals surface area contributed by atoms with E-state index >= 15 is 0 Å². The van der Waals surface area contributed by atoms with Crippen molar-refractivity contribution in [2.24, 2.45) is 17.8 Å². The summed E-state index contributed by atoms with van der Waals surface area (Å²) in [6.45, 7) is 3.65. The van der Waals surface area contributed by atoms with Gasteiger partial charge < -0.3 is 15.7 Å². The number of ketones is 1. The number of halogens is 3. The Morgan fingerprint density at radius 2 is 1.59 bits per heavy atom. The first-order valence-electron chi connectivity index (χ1n) is 13.6. The third-order valence-electron chi connectivity index (χ3n) is 7.55. The zero-order valence-corrected chi connectivity index (χ0v) is 22.9. The number of aliphatic carboxylic acids is 1. The van der Waals surface area contributed by atoms with E-state index in [9.17, 15) is 32.7 Å². The van der Waals surface area contributed by atoms with Crippen LogP contribution in [0, 0.1) is 17.8 Å².